The third kappa shape index (κ3) is 4.97. The Morgan fingerprint density at radius 1 is 1.32 bits per heavy atom. The van der Waals surface area contributed by atoms with Crippen LogP contribution in [0.2, 0.25) is 5.02 Å². The smallest absolute Gasteiger partial charge is 0.312 e. The Labute approximate surface area is 180 Å². The van der Waals surface area contributed by atoms with Crippen LogP contribution in [0.3, 0.4) is 0 Å². The number of nitro benzene ring substituents is 1. The van der Waals surface area contributed by atoms with E-state index in [0.29, 0.717) is 0 Å². The Morgan fingerprint density at radius 2 is 2.03 bits per heavy atom. The number of hydrogen-bond acceptors (Lipinski definition) is 6. The van der Waals surface area contributed by atoms with Gasteiger partial charge >= 0.3 is 5.97 Å². The molecule has 1 aliphatic heterocycles. The molecule has 2 atom stereocenters. The van der Waals surface area contributed by atoms with Crippen LogP contribution >= 0.6 is 11.6 Å². The number of nitro groups is 1. The Morgan fingerprint density at radius 3 is 2.68 bits per heavy atom. The molecule has 0 saturated carbocycles. The van der Waals surface area contributed by atoms with Crippen molar-refractivity contribution in [2.24, 2.45) is 5.92 Å². The molecule has 2 aromatic rings. The zero-order valence-corrected chi connectivity index (χ0v) is 17.0. The highest BCUT2D eigenvalue weighted by Crippen LogP contribution is 2.29. The van der Waals surface area contributed by atoms with E-state index in [0.717, 1.165) is 6.07 Å². The molecule has 2 aromatic carbocycles. The van der Waals surface area contributed by atoms with Crippen LogP contribution < -0.4 is 10.2 Å². The third-order valence-corrected chi connectivity index (χ3v) is 5.00. The number of rotatable bonds is 6. The fourth-order valence-electron chi connectivity index (χ4n) is 3.05. The van der Waals surface area contributed by atoms with E-state index >= 15 is 0 Å². The summed E-state index contributed by atoms with van der Waals surface area (Å²) in [5.74, 6) is -3.35. The number of anilines is 2. The van der Waals surface area contributed by atoms with E-state index in [1.807, 2.05) is 0 Å². The number of benzene rings is 2. The second-order valence-corrected chi connectivity index (χ2v) is 7.25. The van der Waals surface area contributed by atoms with Crippen molar-refractivity contribution in [1.82, 2.24) is 0 Å². The fourth-order valence-corrected chi connectivity index (χ4v) is 3.27. The molecule has 1 aliphatic rings. The van der Waals surface area contributed by atoms with Crippen molar-refractivity contribution in [2.75, 3.05) is 16.8 Å². The highest BCUT2D eigenvalue weighted by atomic mass is 35.5. The highest BCUT2D eigenvalue weighted by Gasteiger charge is 2.38. The first-order valence-electron chi connectivity index (χ1n) is 9.17. The molecule has 0 radical (unpaired) electrons. The van der Waals surface area contributed by atoms with E-state index in [1.54, 1.807) is 6.07 Å². The van der Waals surface area contributed by atoms with Crippen molar-refractivity contribution in [3.8, 4) is 0 Å². The lowest BCUT2D eigenvalue weighted by molar-refractivity contribution is -0.384. The zero-order valence-electron chi connectivity index (χ0n) is 16.2. The topological polar surface area (TPSA) is 119 Å². The van der Waals surface area contributed by atoms with Crippen LogP contribution in [0, 0.1) is 21.8 Å². The van der Waals surface area contributed by atoms with Crippen LogP contribution in [0.15, 0.2) is 42.5 Å². The van der Waals surface area contributed by atoms with Gasteiger partial charge in [-0.15, -0.1) is 0 Å². The molecule has 1 N–H and O–H groups in total. The molecule has 3 rings (SSSR count). The Balaban J connectivity index is 1.60. The number of para-hydroxylation sites is 1. The van der Waals surface area contributed by atoms with Crippen molar-refractivity contribution in [3.63, 3.8) is 0 Å². The molecule has 1 heterocycles. The number of nitrogens with one attached hydrogen (secondary N) is 1. The first-order valence-corrected chi connectivity index (χ1v) is 9.55. The predicted octanol–water partition coefficient (Wildman–Crippen LogP) is 3.31. The molecule has 9 nitrogen and oxygen atoms in total. The monoisotopic (exact) mass is 449 g/mol. The maximum Gasteiger partial charge on any atom is 0.312 e. The van der Waals surface area contributed by atoms with Crippen molar-refractivity contribution in [3.05, 3.63) is 63.4 Å². The van der Waals surface area contributed by atoms with Crippen LogP contribution in [0.5, 0.6) is 0 Å². The Kier molecular flexibility index (Phi) is 6.50. The van der Waals surface area contributed by atoms with Crippen molar-refractivity contribution >= 4 is 46.4 Å². The molecule has 162 valence electrons. The van der Waals surface area contributed by atoms with Gasteiger partial charge in [0.05, 0.1) is 27.2 Å². The molecule has 1 saturated heterocycles. The molecule has 2 amide bonds. The first kappa shape index (κ1) is 22.2. The average molecular weight is 450 g/mol. The lowest BCUT2D eigenvalue weighted by Crippen LogP contribution is -2.33. The quantitative estimate of drug-likeness (QED) is 0.410. The summed E-state index contributed by atoms with van der Waals surface area (Å²) < 4.78 is 19.1. The maximum absolute atomic E-state index is 14.0. The van der Waals surface area contributed by atoms with Gasteiger partial charge in [-0.05, 0) is 25.1 Å². The van der Waals surface area contributed by atoms with Gasteiger partial charge in [-0.25, -0.2) is 4.39 Å². The predicted molar refractivity (Wildman–Crippen MR) is 109 cm³/mol. The standard InChI is InChI=1S/C20H17ClFN3O6/c1-11(19(27)23-16-7-6-13(25(29)30)9-14(16)21)31-20(28)12-8-18(26)24(10-12)17-5-3-2-4-15(17)22/h2-7,9,11-12H,8,10H2,1H3,(H,23,27)/t11-,12+/m0/s1. The number of nitrogens with zero attached hydrogens (tertiary/aromatic N) is 2. The maximum atomic E-state index is 14.0. The summed E-state index contributed by atoms with van der Waals surface area (Å²) in [5.41, 5.74) is -0.0591. The molecule has 31 heavy (non-hydrogen) atoms. The van der Waals surface area contributed by atoms with E-state index in [-0.39, 0.29) is 35.1 Å². The molecule has 0 spiro atoms. The summed E-state index contributed by atoms with van der Waals surface area (Å²) in [6.07, 6.45) is -1.40. The molecular formula is C20H17ClFN3O6. The van der Waals surface area contributed by atoms with Crippen LogP contribution in [-0.2, 0) is 19.1 Å². The van der Waals surface area contributed by atoms with E-state index in [1.165, 1.54) is 42.2 Å². The number of hydrogen-bond donors (Lipinski definition) is 1. The molecule has 0 bridgehead atoms. The molecular weight excluding hydrogens is 433 g/mol. The lowest BCUT2D eigenvalue weighted by atomic mass is 10.1. The number of carbonyl (C=O) groups is 3. The van der Waals surface area contributed by atoms with E-state index < -0.39 is 40.5 Å². The number of esters is 1. The number of ether oxygens (including phenoxy) is 1. The van der Waals surface area contributed by atoms with Gasteiger partial charge in [-0.1, -0.05) is 23.7 Å². The van der Waals surface area contributed by atoms with Gasteiger partial charge in [0, 0.05) is 25.1 Å². The molecule has 0 aliphatic carbocycles. The minimum Gasteiger partial charge on any atom is -0.452 e. The second kappa shape index (κ2) is 9.09. The fraction of sp³-hybridized carbons (Fsp3) is 0.250. The highest BCUT2D eigenvalue weighted by molar-refractivity contribution is 6.34. The van der Waals surface area contributed by atoms with Gasteiger partial charge in [0.15, 0.2) is 6.10 Å². The lowest BCUT2D eigenvalue weighted by Gasteiger charge is -2.18. The van der Waals surface area contributed by atoms with Gasteiger partial charge in [0.1, 0.15) is 5.82 Å². The summed E-state index contributed by atoms with van der Waals surface area (Å²) in [7, 11) is 0. The van der Waals surface area contributed by atoms with E-state index in [2.05, 4.69) is 5.32 Å². The number of carbonyl (C=O) groups excluding carboxylic acids is 3. The second-order valence-electron chi connectivity index (χ2n) is 6.85. The number of non-ortho nitro benzene ring substituents is 1. The summed E-state index contributed by atoms with van der Waals surface area (Å²) in [6.45, 7) is 1.26. The van der Waals surface area contributed by atoms with Crippen molar-refractivity contribution in [2.45, 2.75) is 19.4 Å². The summed E-state index contributed by atoms with van der Waals surface area (Å²) >= 11 is 5.93. The zero-order chi connectivity index (χ0) is 22.7. The van der Waals surface area contributed by atoms with Gasteiger partial charge in [0.2, 0.25) is 5.91 Å². The minimum absolute atomic E-state index is 0.0528. The minimum atomic E-state index is -1.23. The average Bonchev–Trinajstić information content (AvgIpc) is 3.11. The van der Waals surface area contributed by atoms with E-state index in [9.17, 15) is 28.9 Å². The van der Waals surface area contributed by atoms with Crippen LogP contribution in [0.1, 0.15) is 13.3 Å². The SMILES string of the molecule is C[C@H](OC(=O)[C@@H]1CC(=O)N(c2ccccc2F)C1)C(=O)Nc1ccc([N+](=O)[O-])cc1Cl. The summed E-state index contributed by atoms with van der Waals surface area (Å²) in [4.78, 5) is 48.3. The Hall–Kier alpha value is -3.53. The normalized spacial score (nSPS) is 16.7. The van der Waals surface area contributed by atoms with Gasteiger partial charge in [-0.3, -0.25) is 24.5 Å². The summed E-state index contributed by atoms with van der Waals surface area (Å²) in [5, 5.41) is 13.1. The molecule has 0 unspecified atom stereocenters. The van der Waals surface area contributed by atoms with Crippen LogP contribution in [-0.4, -0.2) is 35.4 Å². The van der Waals surface area contributed by atoms with Crippen LogP contribution in [0.25, 0.3) is 0 Å². The number of halogens is 2. The van der Waals surface area contributed by atoms with Crippen molar-refractivity contribution < 1.29 is 28.4 Å². The van der Waals surface area contributed by atoms with Crippen molar-refractivity contribution in [1.29, 1.82) is 0 Å². The third-order valence-electron chi connectivity index (χ3n) is 4.69. The molecule has 0 aromatic heterocycles. The Bertz CT molecular complexity index is 1060. The van der Waals surface area contributed by atoms with Gasteiger partial charge < -0.3 is 15.0 Å². The largest absolute Gasteiger partial charge is 0.452 e. The first-order chi connectivity index (χ1) is 14.7. The number of amides is 2. The van der Waals surface area contributed by atoms with Gasteiger partial charge in [0.25, 0.3) is 11.6 Å². The van der Waals surface area contributed by atoms with Gasteiger partial charge in [-0.2, -0.15) is 0 Å². The molecule has 11 heteroatoms. The van der Waals surface area contributed by atoms with E-state index in [4.69, 9.17) is 16.3 Å². The molecule has 1 fully saturated rings. The summed E-state index contributed by atoms with van der Waals surface area (Å²) in [6, 6.07) is 9.22. The van der Waals surface area contributed by atoms with Crippen LogP contribution in [0.4, 0.5) is 21.5 Å².